The normalized spacial score (nSPS) is 12.9. The molecular formula is C21H18F2N4O3S. The first-order valence-corrected chi connectivity index (χ1v) is 10.1. The summed E-state index contributed by atoms with van der Waals surface area (Å²) in [6.45, 7) is 0.274. The second kappa shape index (κ2) is 9.19. The van der Waals surface area contributed by atoms with Gasteiger partial charge in [-0.05, 0) is 37.4 Å². The Hall–Kier alpha value is -3.37. The molecule has 0 saturated heterocycles. The number of rotatable bonds is 7. The third kappa shape index (κ3) is 4.70. The average molecular weight is 444 g/mol. The monoisotopic (exact) mass is 444 g/mol. The van der Waals surface area contributed by atoms with Gasteiger partial charge in [0.2, 0.25) is 0 Å². The Morgan fingerprint density at radius 2 is 2.10 bits per heavy atom. The summed E-state index contributed by atoms with van der Waals surface area (Å²) < 4.78 is 45.0. The minimum Gasteiger partial charge on any atom is -0.436 e. The first kappa shape index (κ1) is 20.9. The van der Waals surface area contributed by atoms with Crippen molar-refractivity contribution in [2.45, 2.75) is 13.1 Å². The summed E-state index contributed by atoms with van der Waals surface area (Å²) in [7, 11) is 1.71. The SMILES string of the molecule is CNSNc1cccc(CN2Cc3ccc(Oc4ncccc4F)cc3OC2=O)c1F. The zero-order chi connectivity index (χ0) is 21.8. The van der Waals surface area contributed by atoms with Crippen LogP contribution in [-0.4, -0.2) is 23.0 Å². The van der Waals surface area contributed by atoms with E-state index in [1.807, 2.05) is 0 Å². The molecule has 0 unspecified atom stereocenters. The molecule has 0 saturated carbocycles. The molecule has 4 rings (SSSR count). The van der Waals surface area contributed by atoms with Gasteiger partial charge in [0.1, 0.15) is 11.5 Å². The quantitative estimate of drug-likeness (QED) is 0.504. The second-order valence-corrected chi connectivity index (χ2v) is 7.39. The van der Waals surface area contributed by atoms with Gasteiger partial charge in [0, 0.05) is 35.5 Å². The lowest BCUT2D eigenvalue weighted by Crippen LogP contribution is -2.36. The Kier molecular flexibility index (Phi) is 6.19. The Morgan fingerprint density at radius 3 is 2.90 bits per heavy atom. The van der Waals surface area contributed by atoms with Crippen molar-refractivity contribution in [3.63, 3.8) is 0 Å². The van der Waals surface area contributed by atoms with Crippen LogP contribution in [0.3, 0.4) is 0 Å². The van der Waals surface area contributed by atoms with Crippen molar-refractivity contribution in [3.05, 3.63) is 77.5 Å². The highest BCUT2D eigenvalue weighted by molar-refractivity contribution is 7.98. The predicted molar refractivity (Wildman–Crippen MR) is 113 cm³/mol. The smallest absolute Gasteiger partial charge is 0.415 e. The van der Waals surface area contributed by atoms with Crippen LogP contribution in [0.25, 0.3) is 0 Å². The molecule has 0 radical (unpaired) electrons. The molecule has 1 aromatic heterocycles. The molecule has 2 N–H and O–H groups in total. The van der Waals surface area contributed by atoms with E-state index in [9.17, 15) is 13.6 Å². The standard InChI is InChI=1S/C21H18F2N4O3S/c1-24-31-26-17-6-2-4-14(19(17)23)12-27-11-13-7-8-15(10-18(13)30-21(27)28)29-20-16(22)5-3-9-25-20/h2-10,24,26H,11-12H2,1H3. The Morgan fingerprint density at radius 1 is 1.23 bits per heavy atom. The molecule has 3 aromatic rings. The summed E-state index contributed by atoms with van der Waals surface area (Å²) in [4.78, 5) is 17.7. The number of pyridine rings is 1. The lowest BCUT2D eigenvalue weighted by Gasteiger charge is -2.28. The van der Waals surface area contributed by atoms with Crippen LogP contribution in [0.2, 0.25) is 0 Å². The maximum Gasteiger partial charge on any atom is 0.415 e. The van der Waals surface area contributed by atoms with Crippen LogP contribution < -0.4 is 18.9 Å². The molecule has 0 aliphatic carbocycles. The minimum absolute atomic E-state index is 0.0429. The van der Waals surface area contributed by atoms with Crippen LogP contribution >= 0.6 is 12.1 Å². The molecule has 160 valence electrons. The molecule has 1 aliphatic rings. The molecule has 0 bridgehead atoms. The second-order valence-electron chi connectivity index (χ2n) is 6.57. The van der Waals surface area contributed by atoms with Crippen molar-refractivity contribution >= 4 is 23.9 Å². The number of hydrogen-bond donors (Lipinski definition) is 2. The van der Waals surface area contributed by atoms with Gasteiger partial charge in [-0.2, -0.15) is 0 Å². The van der Waals surface area contributed by atoms with Gasteiger partial charge < -0.3 is 14.2 Å². The predicted octanol–water partition coefficient (Wildman–Crippen LogP) is 4.86. The number of carbonyl (C=O) groups is 1. The van der Waals surface area contributed by atoms with E-state index in [0.717, 1.165) is 12.1 Å². The van der Waals surface area contributed by atoms with Gasteiger partial charge in [-0.3, -0.25) is 4.90 Å². The summed E-state index contributed by atoms with van der Waals surface area (Å²) in [6.07, 6.45) is 0.798. The maximum atomic E-state index is 14.7. The van der Waals surface area contributed by atoms with Gasteiger partial charge in [-0.1, -0.05) is 12.1 Å². The molecule has 2 aromatic carbocycles. The van der Waals surface area contributed by atoms with E-state index in [1.54, 1.807) is 37.4 Å². The molecule has 1 amide bonds. The molecule has 0 spiro atoms. The third-order valence-electron chi connectivity index (χ3n) is 4.50. The van der Waals surface area contributed by atoms with E-state index < -0.39 is 17.7 Å². The molecule has 0 atom stereocenters. The van der Waals surface area contributed by atoms with E-state index in [1.165, 1.54) is 29.3 Å². The Labute approximate surface area is 181 Å². The van der Waals surface area contributed by atoms with Gasteiger partial charge in [-0.25, -0.2) is 23.3 Å². The zero-order valence-corrected chi connectivity index (χ0v) is 17.2. The first-order valence-electron chi connectivity index (χ1n) is 9.29. The van der Waals surface area contributed by atoms with Gasteiger partial charge in [0.25, 0.3) is 5.88 Å². The van der Waals surface area contributed by atoms with Gasteiger partial charge in [-0.15, -0.1) is 0 Å². The highest BCUT2D eigenvalue weighted by Crippen LogP contribution is 2.33. The number of halogens is 2. The number of fused-ring (bicyclic) bond motifs is 1. The molecule has 7 nitrogen and oxygen atoms in total. The number of anilines is 1. The number of hydrogen-bond acceptors (Lipinski definition) is 7. The summed E-state index contributed by atoms with van der Waals surface area (Å²) in [5.41, 5.74) is 1.38. The summed E-state index contributed by atoms with van der Waals surface area (Å²) >= 11 is 1.14. The Balaban J connectivity index is 1.49. The number of carbonyl (C=O) groups excluding carboxylic acids is 1. The first-order chi connectivity index (χ1) is 15.0. The van der Waals surface area contributed by atoms with Gasteiger partial charge in [0.15, 0.2) is 11.6 Å². The van der Waals surface area contributed by atoms with Crippen LogP contribution in [0.15, 0.2) is 54.7 Å². The van der Waals surface area contributed by atoms with E-state index in [4.69, 9.17) is 9.47 Å². The van der Waals surface area contributed by atoms with Crippen LogP contribution in [0.1, 0.15) is 11.1 Å². The molecule has 10 heteroatoms. The van der Waals surface area contributed by atoms with Crippen LogP contribution in [0.5, 0.6) is 17.4 Å². The number of nitrogens with one attached hydrogen (secondary N) is 2. The van der Waals surface area contributed by atoms with Crippen LogP contribution in [0, 0.1) is 11.6 Å². The molecule has 2 heterocycles. The summed E-state index contributed by atoms with van der Waals surface area (Å²) in [5.74, 6) is -0.632. The average Bonchev–Trinajstić information content (AvgIpc) is 2.76. The highest BCUT2D eigenvalue weighted by Gasteiger charge is 2.26. The Bertz CT molecular complexity index is 1120. The van der Waals surface area contributed by atoms with E-state index in [2.05, 4.69) is 14.4 Å². The van der Waals surface area contributed by atoms with Crippen molar-refractivity contribution in [2.24, 2.45) is 0 Å². The van der Waals surface area contributed by atoms with Gasteiger partial charge >= 0.3 is 6.09 Å². The lowest BCUT2D eigenvalue weighted by molar-refractivity contribution is 0.134. The molecular weight excluding hydrogens is 426 g/mol. The fourth-order valence-electron chi connectivity index (χ4n) is 3.02. The van der Waals surface area contributed by atoms with Crippen molar-refractivity contribution in [1.29, 1.82) is 0 Å². The van der Waals surface area contributed by atoms with Crippen molar-refractivity contribution in [3.8, 4) is 17.4 Å². The number of benzene rings is 2. The number of aromatic nitrogens is 1. The van der Waals surface area contributed by atoms with Crippen LogP contribution in [-0.2, 0) is 13.1 Å². The molecule has 31 heavy (non-hydrogen) atoms. The molecule has 1 aliphatic heterocycles. The maximum absolute atomic E-state index is 14.7. The molecule has 0 fully saturated rings. The third-order valence-corrected chi connectivity index (χ3v) is 5.02. The van der Waals surface area contributed by atoms with E-state index >= 15 is 0 Å². The van der Waals surface area contributed by atoms with Crippen molar-refractivity contribution in [2.75, 3.05) is 11.8 Å². The summed E-state index contributed by atoms with van der Waals surface area (Å²) in [5, 5.41) is 0. The zero-order valence-electron chi connectivity index (χ0n) is 16.4. The largest absolute Gasteiger partial charge is 0.436 e. The van der Waals surface area contributed by atoms with E-state index in [0.29, 0.717) is 22.6 Å². The fraction of sp³-hybridized carbons (Fsp3) is 0.143. The minimum atomic E-state index is -0.615. The van der Waals surface area contributed by atoms with E-state index in [-0.39, 0.29) is 24.7 Å². The highest BCUT2D eigenvalue weighted by atomic mass is 32.2. The topological polar surface area (TPSA) is 75.7 Å². The lowest BCUT2D eigenvalue weighted by atomic mass is 10.1. The number of nitrogens with zero attached hydrogens (tertiary/aromatic N) is 2. The number of ether oxygens (including phenoxy) is 2. The fourth-order valence-corrected chi connectivity index (χ4v) is 3.39. The van der Waals surface area contributed by atoms with Crippen molar-refractivity contribution in [1.82, 2.24) is 14.6 Å². The van der Waals surface area contributed by atoms with Crippen LogP contribution in [0.4, 0.5) is 19.3 Å². The number of amides is 1. The summed E-state index contributed by atoms with van der Waals surface area (Å²) in [6, 6.07) is 12.5. The van der Waals surface area contributed by atoms with Gasteiger partial charge in [0.05, 0.1) is 18.8 Å². The van der Waals surface area contributed by atoms with Crippen molar-refractivity contribution < 1.29 is 23.0 Å².